The van der Waals surface area contributed by atoms with Crippen LogP contribution in [0.3, 0.4) is 0 Å². The molecule has 0 unspecified atom stereocenters. The number of rotatable bonds is 7. The van der Waals surface area contributed by atoms with Gasteiger partial charge in [-0.05, 0) is 49.2 Å². The molecule has 4 aromatic rings. The molecule has 30 heavy (non-hydrogen) atoms. The summed E-state index contributed by atoms with van der Waals surface area (Å²) in [6, 6.07) is 17.6. The van der Waals surface area contributed by atoms with Gasteiger partial charge in [-0.2, -0.15) is 0 Å². The molecule has 152 valence electrons. The van der Waals surface area contributed by atoms with Crippen molar-refractivity contribution in [3.05, 3.63) is 89.5 Å². The Bertz CT molecular complexity index is 1150. The minimum atomic E-state index is -0.173. The van der Waals surface area contributed by atoms with Crippen molar-refractivity contribution >= 4 is 16.9 Å². The second kappa shape index (κ2) is 8.78. The van der Waals surface area contributed by atoms with Crippen LogP contribution in [0.4, 0.5) is 0 Å². The van der Waals surface area contributed by atoms with Gasteiger partial charge in [-0.15, -0.1) is 0 Å². The average molecular weight is 400 g/mol. The van der Waals surface area contributed by atoms with Crippen molar-refractivity contribution < 1.29 is 9.53 Å². The monoisotopic (exact) mass is 400 g/mol. The van der Waals surface area contributed by atoms with Crippen LogP contribution in [0.2, 0.25) is 0 Å². The first-order valence-electron chi connectivity index (χ1n) is 9.95. The highest BCUT2D eigenvalue weighted by atomic mass is 16.5. The molecule has 2 aromatic carbocycles. The van der Waals surface area contributed by atoms with Crippen LogP contribution < -0.4 is 10.1 Å². The van der Waals surface area contributed by atoms with E-state index in [1.54, 1.807) is 24.5 Å². The summed E-state index contributed by atoms with van der Waals surface area (Å²) in [5.74, 6) is 1.54. The first kappa shape index (κ1) is 19.6. The van der Waals surface area contributed by atoms with Crippen LogP contribution in [0, 0.1) is 13.8 Å². The molecule has 0 fully saturated rings. The van der Waals surface area contributed by atoms with E-state index in [0.29, 0.717) is 25.3 Å². The third-order valence-electron chi connectivity index (χ3n) is 5.03. The summed E-state index contributed by atoms with van der Waals surface area (Å²) in [5, 5.41) is 2.94. The van der Waals surface area contributed by atoms with Gasteiger partial charge in [0.25, 0.3) is 5.91 Å². The fourth-order valence-corrected chi connectivity index (χ4v) is 3.53. The zero-order chi connectivity index (χ0) is 20.9. The smallest absolute Gasteiger partial charge is 0.253 e. The molecular weight excluding hydrogens is 376 g/mol. The number of benzene rings is 2. The van der Waals surface area contributed by atoms with Crippen molar-refractivity contribution in [3.63, 3.8) is 0 Å². The highest BCUT2D eigenvalue weighted by Gasteiger charge is 2.13. The van der Waals surface area contributed by atoms with Gasteiger partial charge in [0.2, 0.25) is 0 Å². The van der Waals surface area contributed by atoms with Crippen LogP contribution in [-0.4, -0.2) is 27.0 Å². The standard InChI is InChI=1S/C24H24N4O2/c1-17-7-5-8-18(2)23(17)30-14-13-28-21-11-4-3-10-20(21)27-22(28)16-26-24(29)19-9-6-12-25-15-19/h3-12,15H,13-14,16H2,1-2H3,(H,26,29). The first-order valence-corrected chi connectivity index (χ1v) is 9.95. The Morgan fingerprint density at radius 3 is 2.60 bits per heavy atom. The highest BCUT2D eigenvalue weighted by molar-refractivity contribution is 5.93. The second-order valence-corrected chi connectivity index (χ2v) is 7.16. The lowest BCUT2D eigenvalue weighted by Crippen LogP contribution is -2.25. The Labute approximate surface area is 175 Å². The quantitative estimate of drug-likeness (QED) is 0.508. The van der Waals surface area contributed by atoms with Gasteiger partial charge < -0.3 is 14.6 Å². The third-order valence-corrected chi connectivity index (χ3v) is 5.03. The van der Waals surface area contributed by atoms with Crippen LogP contribution in [0.1, 0.15) is 27.3 Å². The number of imidazole rings is 1. The minimum absolute atomic E-state index is 0.173. The molecule has 1 amide bonds. The fraction of sp³-hybridized carbons (Fsp3) is 0.208. The van der Waals surface area contributed by atoms with E-state index in [4.69, 9.17) is 9.72 Å². The summed E-state index contributed by atoms with van der Waals surface area (Å²) in [7, 11) is 0. The SMILES string of the molecule is Cc1cccc(C)c1OCCn1c(CNC(=O)c2cccnc2)nc2ccccc21. The number of carbonyl (C=O) groups excluding carboxylic acids is 1. The molecular formula is C24H24N4O2. The zero-order valence-electron chi connectivity index (χ0n) is 17.1. The van der Waals surface area contributed by atoms with Crippen molar-refractivity contribution in [1.82, 2.24) is 19.9 Å². The summed E-state index contributed by atoms with van der Waals surface area (Å²) in [5.41, 5.74) is 4.69. The Morgan fingerprint density at radius 2 is 1.83 bits per heavy atom. The summed E-state index contributed by atoms with van der Waals surface area (Å²) >= 11 is 0. The second-order valence-electron chi connectivity index (χ2n) is 7.16. The van der Waals surface area contributed by atoms with Gasteiger partial charge in [0.05, 0.1) is 29.7 Å². The van der Waals surface area contributed by atoms with Crippen LogP contribution in [0.5, 0.6) is 5.75 Å². The Morgan fingerprint density at radius 1 is 1.03 bits per heavy atom. The molecule has 0 bridgehead atoms. The van der Waals surface area contributed by atoms with Crippen LogP contribution >= 0.6 is 0 Å². The number of nitrogens with one attached hydrogen (secondary N) is 1. The molecule has 0 aliphatic heterocycles. The largest absolute Gasteiger partial charge is 0.491 e. The predicted molar refractivity (Wildman–Crippen MR) is 117 cm³/mol. The zero-order valence-corrected chi connectivity index (χ0v) is 17.1. The number of aryl methyl sites for hydroxylation is 2. The maximum atomic E-state index is 12.4. The van der Waals surface area contributed by atoms with Crippen LogP contribution in [0.15, 0.2) is 67.0 Å². The number of hydrogen-bond acceptors (Lipinski definition) is 4. The van der Waals surface area contributed by atoms with Crippen molar-refractivity contribution in [2.24, 2.45) is 0 Å². The molecule has 6 nitrogen and oxygen atoms in total. The van der Waals surface area contributed by atoms with Crippen LogP contribution in [-0.2, 0) is 13.1 Å². The lowest BCUT2D eigenvalue weighted by atomic mass is 10.1. The number of hydrogen-bond donors (Lipinski definition) is 1. The maximum absolute atomic E-state index is 12.4. The number of aromatic nitrogens is 3. The van der Waals surface area contributed by atoms with Crippen molar-refractivity contribution in [2.75, 3.05) is 6.61 Å². The number of pyridine rings is 1. The minimum Gasteiger partial charge on any atom is -0.491 e. The summed E-state index contributed by atoms with van der Waals surface area (Å²) in [6.07, 6.45) is 3.20. The number of fused-ring (bicyclic) bond motifs is 1. The van der Waals surface area contributed by atoms with E-state index in [2.05, 4.69) is 14.9 Å². The average Bonchev–Trinajstić information content (AvgIpc) is 3.12. The van der Waals surface area contributed by atoms with Gasteiger partial charge in [-0.1, -0.05) is 30.3 Å². The fourth-order valence-electron chi connectivity index (χ4n) is 3.53. The van der Waals surface area contributed by atoms with E-state index in [9.17, 15) is 4.79 Å². The molecule has 1 N–H and O–H groups in total. The summed E-state index contributed by atoms with van der Waals surface area (Å²) in [4.78, 5) is 21.1. The Kier molecular flexibility index (Phi) is 5.75. The van der Waals surface area contributed by atoms with E-state index >= 15 is 0 Å². The van der Waals surface area contributed by atoms with Gasteiger partial charge >= 0.3 is 0 Å². The van der Waals surface area contributed by atoms with E-state index < -0.39 is 0 Å². The van der Waals surface area contributed by atoms with Crippen molar-refractivity contribution in [1.29, 1.82) is 0 Å². The van der Waals surface area contributed by atoms with E-state index in [1.807, 2.05) is 56.3 Å². The Balaban J connectivity index is 1.51. The van der Waals surface area contributed by atoms with Crippen LogP contribution in [0.25, 0.3) is 11.0 Å². The van der Waals surface area contributed by atoms with Gasteiger partial charge in [0, 0.05) is 12.4 Å². The topological polar surface area (TPSA) is 69.0 Å². The predicted octanol–water partition coefficient (Wildman–Crippen LogP) is 4.06. The molecule has 2 aromatic heterocycles. The first-order chi connectivity index (χ1) is 14.6. The Hall–Kier alpha value is -3.67. The number of nitrogens with zero attached hydrogens (tertiary/aromatic N) is 3. The molecule has 0 radical (unpaired) electrons. The normalized spacial score (nSPS) is 10.9. The van der Waals surface area contributed by atoms with Gasteiger partial charge in [-0.25, -0.2) is 4.98 Å². The van der Waals surface area contributed by atoms with Gasteiger partial charge in [0.1, 0.15) is 18.2 Å². The molecule has 0 saturated carbocycles. The van der Waals surface area contributed by atoms with E-state index in [0.717, 1.165) is 33.7 Å². The van der Waals surface area contributed by atoms with Gasteiger partial charge in [-0.3, -0.25) is 9.78 Å². The lowest BCUT2D eigenvalue weighted by molar-refractivity contribution is 0.0949. The lowest BCUT2D eigenvalue weighted by Gasteiger charge is -2.14. The van der Waals surface area contributed by atoms with E-state index in [1.165, 1.54) is 0 Å². The van der Waals surface area contributed by atoms with Crippen molar-refractivity contribution in [2.45, 2.75) is 26.9 Å². The molecule has 0 atom stereocenters. The molecule has 2 heterocycles. The van der Waals surface area contributed by atoms with Crippen molar-refractivity contribution in [3.8, 4) is 5.75 Å². The van der Waals surface area contributed by atoms with Gasteiger partial charge in [0.15, 0.2) is 0 Å². The summed E-state index contributed by atoms with van der Waals surface area (Å²) in [6.45, 7) is 5.57. The molecule has 0 aliphatic rings. The van der Waals surface area contributed by atoms with E-state index in [-0.39, 0.29) is 5.91 Å². The summed E-state index contributed by atoms with van der Waals surface area (Å²) < 4.78 is 8.20. The number of para-hydroxylation sites is 3. The molecule has 0 spiro atoms. The highest BCUT2D eigenvalue weighted by Crippen LogP contribution is 2.23. The molecule has 4 rings (SSSR count). The molecule has 0 saturated heterocycles. The molecule has 6 heteroatoms. The molecule has 0 aliphatic carbocycles. The number of ether oxygens (including phenoxy) is 1. The number of carbonyl (C=O) groups is 1. The third kappa shape index (κ3) is 4.17. The maximum Gasteiger partial charge on any atom is 0.253 e. The number of amides is 1.